The topological polar surface area (TPSA) is 137 Å². The molecule has 47 heavy (non-hydrogen) atoms. The number of aromatic nitrogens is 4. The quantitative estimate of drug-likeness (QED) is 0.219. The Hall–Kier alpha value is -6.93. The van der Waals surface area contributed by atoms with Crippen molar-refractivity contribution in [3.05, 3.63) is 145 Å². The van der Waals surface area contributed by atoms with Crippen molar-refractivity contribution in [2.75, 3.05) is 0 Å². The van der Waals surface area contributed by atoms with Gasteiger partial charge in [0.15, 0.2) is 5.92 Å². The van der Waals surface area contributed by atoms with Crippen molar-refractivity contribution >= 4 is 23.9 Å². The van der Waals surface area contributed by atoms with Gasteiger partial charge in [0.25, 0.3) is 5.91 Å². The number of benzene rings is 4. The first kappa shape index (κ1) is 28.8. The highest BCUT2D eigenvalue weighted by Gasteiger charge is 2.37. The van der Waals surface area contributed by atoms with Crippen molar-refractivity contribution in [3.8, 4) is 40.0 Å². The van der Waals surface area contributed by atoms with Crippen LogP contribution < -0.4 is 0 Å². The molecule has 11 heteroatoms. The summed E-state index contributed by atoms with van der Waals surface area (Å²) in [5, 5.41) is 43.9. The molecule has 226 valence electrons. The Balaban J connectivity index is 1.27. The van der Waals surface area contributed by atoms with Gasteiger partial charge in [0.2, 0.25) is 0 Å². The van der Waals surface area contributed by atoms with Gasteiger partial charge in [0, 0.05) is 34.6 Å². The van der Waals surface area contributed by atoms with Crippen LogP contribution in [0.1, 0.15) is 11.1 Å². The number of nitrogens with zero attached hydrogens (tertiary/aromatic N) is 9. The van der Waals surface area contributed by atoms with Gasteiger partial charge < -0.3 is 5.11 Å². The standard InChI is InChI=1S/C36H25N9O2/c37-21-30-34(31-24-44(29-19-11-4-12-20-29)42-33(31)26-15-7-2-8-16-26)39-40-36(47)45(35(30)46)38-22-27-23-43(28-17-9-3-10-18-28)41-32(27)25-13-5-1-6-14-25/h1-20,22-24,30H,(H,40,47). The zero-order chi connectivity index (χ0) is 32.2. The van der Waals surface area contributed by atoms with Crippen LogP contribution in [0, 0.1) is 17.2 Å². The van der Waals surface area contributed by atoms with Crippen LogP contribution >= 0.6 is 0 Å². The lowest BCUT2D eigenvalue weighted by atomic mass is 9.95. The van der Waals surface area contributed by atoms with Gasteiger partial charge in [-0.05, 0) is 24.3 Å². The van der Waals surface area contributed by atoms with Gasteiger partial charge in [-0.1, -0.05) is 102 Å². The molecule has 0 bridgehead atoms. The minimum atomic E-state index is -1.46. The fourth-order valence-electron chi connectivity index (χ4n) is 5.19. The summed E-state index contributed by atoms with van der Waals surface area (Å²) < 4.78 is 3.36. The second kappa shape index (κ2) is 12.6. The van der Waals surface area contributed by atoms with Crippen molar-refractivity contribution in [2.24, 2.45) is 21.2 Å². The summed E-state index contributed by atoms with van der Waals surface area (Å²) in [5.74, 6) is -2.29. The molecule has 4 aromatic carbocycles. The Bertz CT molecular complexity index is 2180. The average molecular weight is 616 g/mol. The second-order valence-electron chi connectivity index (χ2n) is 10.5. The van der Waals surface area contributed by atoms with Crippen LogP contribution in [0.4, 0.5) is 0 Å². The number of amides is 1. The van der Waals surface area contributed by atoms with E-state index >= 15 is 0 Å². The summed E-state index contributed by atoms with van der Waals surface area (Å²) in [6.07, 6.45) is 4.87. The van der Waals surface area contributed by atoms with Crippen molar-refractivity contribution in [3.63, 3.8) is 0 Å². The predicted octanol–water partition coefficient (Wildman–Crippen LogP) is 6.03. The number of carbonyl (C=O) groups excluding carboxylic acids is 1. The van der Waals surface area contributed by atoms with Crippen LogP contribution in [0.3, 0.4) is 0 Å². The highest BCUT2D eigenvalue weighted by atomic mass is 16.3. The fraction of sp³-hybridized carbons (Fsp3) is 0.0278. The first-order valence-electron chi connectivity index (χ1n) is 14.6. The molecule has 0 spiro atoms. The molecule has 1 N–H and O–H groups in total. The lowest BCUT2D eigenvalue weighted by Crippen LogP contribution is -2.38. The Morgan fingerprint density at radius 3 is 1.79 bits per heavy atom. The Kier molecular flexibility index (Phi) is 7.72. The van der Waals surface area contributed by atoms with Gasteiger partial charge in [0.05, 0.1) is 23.7 Å². The van der Waals surface area contributed by atoms with Gasteiger partial charge in [-0.2, -0.15) is 20.6 Å². The van der Waals surface area contributed by atoms with Crippen molar-refractivity contribution < 1.29 is 9.90 Å². The number of carbonyl (C=O) groups is 1. The Labute approximate surface area is 269 Å². The summed E-state index contributed by atoms with van der Waals surface area (Å²) in [6.45, 7) is 0. The van der Waals surface area contributed by atoms with E-state index in [0.717, 1.165) is 22.5 Å². The molecule has 1 aliphatic rings. The zero-order valence-corrected chi connectivity index (χ0v) is 24.7. The van der Waals surface area contributed by atoms with Crippen LogP contribution in [0.25, 0.3) is 33.9 Å². The average Bonchev–Trinajstić information content (AvgIpc) is 3.74. The lowest BCUT2D eigenvalue weighted by Gasteiger charge is -2.15. The van der Waals surface area contributed by atoms with Gasteiger partial charge >= 0.3 is 6.02 Å². The SMILES string of the molecule is N#CC1C(=O)N(N=Cc2cn(-c3ccccc3)nc2-c2ccccc2)C(O)=NN=C1c1cn(-c2ccccc2)nc1-c1ccccc1. The number of aliphatic hydroxyl groups is 1. The van der Waals surface area contributed by atoms with E-state index in [1.54, 1.807) is 21.8 Å². The molecule has 1 atom stereocenters. The molecular weight excluding hydrogens is 590 g/mol. The summed E-state index contributed by atoms with van der Waals surface area (Å²) in [4.78, 5) is 13.9. The summed E-state index contributed by atoms with van der Waals surface area (Å²) in [5.41, 5.74) is 5.28. The molecule has 1 amide bonds. The van der Waals surface area contributed by atoms with Gasteiger partial charge in [-0.25, -0.2) is 9.36 Å². The maximum atomic E-state index is 13.9. The number of rotatable bonds is 7. The molecule has 0 fully saturated rings. The second-order valence-corrected chi connectivity index (χ2v) is 10.5. The first-order chi connectivity index (χ1) is 23.1. The van der Waals surface area contributed by atoms with Crippen molar-refractivity contribution in [1.29, 1.82) is 5.26 Å². The van der Waals surface area contributed by atoms with E-state index < -0.39 is 17.8 Å². The number of hydrogen-bond acceptors (Lipinski definition) is 7. The molecule has 0 radical (unpaired) electrons. The summed E-state index contributed by atoms with van der Waals surface area (Å²) >= 11 is 0. The number of amidine groups is 1. The third-order valence-corrected chi connectivity index (χ3v) is 7.48. The number of para-hydroxylation sites is 2. The molecule has 0 saturated carbocycles. The van der Waals surface area contributed by atoms with Crippen LogP contribution in [-0.4, -0.2) is 53.5 Å². The maximum absolute atomic E-state index is 13.9. The normalized spacial score (nSPS) is 14.8. The Morgan fingerprint density at radius 1 is 0.702 bits per heavy atom. The van der Waals surface area contributed by atoms with E-state index in [0.29, 0.717) is 27.5 Å². The van der Waals surface area contributed by atoms with Gasteiger partial charge in [-0.3, -0.25) is 4.79 Å². The molecule has 1 aliphatic heterocycles. The third-order valence-electron chi connectivity index (χ3n) is 7.48. The Morgan fingerprint density at radius 2 is 1.21 bits per heavy atom. The third kappa shape index (κ3) is 5.70. The molecular formula is C36H25N9O2. The van der Waals surface area contributed by atoms with E-state index in [2.05, 4.69) is 15.3 Å². The monoisotopic (exact) mass is 615 g/mol. The number of aliphatic hydroxyl groups excluding tert-OH is 1. The minimum Gasteiger partial charge on any atom is -0.478 e. The minimum absolute atomic E-state index is 0.0321. The van der Waals surface area contributed by atoms with Crippen molar-refractivity contribution in [1.82, 2.24) is 24.6 Å². The highest BCUT2D eigenvalue weighted by molar-refractivity contribution is 6.20. The van der Waals surface area contributed by atoms with Gasteiger partial charge in [0.1, 0.15) is 17.1 Å². The fourth-order valence-corrected chi connectivity index (χ4v) is 5.19. The molecule has 0 saturated heterocycles. The molecule has 6 aromatic rings. The van der Waals surface area contributed by atoms with Crippen molar-refractivity contribution in [2.45, 2.75) is 0 Å². The molecule has 0 aliphatic carbocycles. The molecule has 1 unspecified atom stereocenters. The largest absolute Gasteiger partial charge is 0.478 e. The van der Waals surface area contributed by atoms with Crippen LogP contribution in [-0.2, 0) is 4.79 Å². The molecule has 3 heterocycles. The van der Waals surface area contributed by atoms with Gasteiger partial charge in [-0.15, -0.1) is 10.1 Å². The smallest absolute Gasteiger partial charge is 0.337 e. The van der Waals surface area contributed by atoms with E-state index in [1.165, 1.54) is 6.21 Å². The zero-order valence-electron chi connectivity index (χ0n) is 24.7. The first-order valence-corrected chi connectivity index (χ1v) is 14.6. The van der Waals surface area contributed by atoms with E-state index in [1.807, 2.05) is 127 Å². The maximum Gasteiger partial charge on any atom is 0.337 e. The van der Waals surface area contributed by atoms with Crippen LogP contribution in [0.15, 0.2) is 149 Å². The van der Waals surface area contributed by atoms with E-state index in [-0.39, 0.29) is 5.71 Å². The summed E-state index contributed by atoms with van der Waals surface area (Å²) in [7, 11) is 0. The van der Waals surface area contributed by atoms with Crippen LogP contribution in [0.5, 0.6) is 0 Å². The lowest BCUT2D eigenvalue weighted by molar-refractivity contribution is -0.128. The summed E-state index contributed by atoms with van der Waals surface area (Å²) in [6, 6.07) is 39.2. The number of hydrazone groups is 1. The number of nitriles is 1. The van der Waals surface area contributed by atoms with E-state index in [9.17, 15) is 15.2 Å². The van der Waals surface area contributed by atoms with Crippen LogP contribution in [0.2, 0.25) is 0 Å². The molecule has 11 nitrogen and oxygen atoms in total. The van der Waals surface area contributed by atoms with E-state index in [4.69, 9.17) is 10.2 Å². The highest BCUT2D eigenvalue weighted by Crippen LogP contribution is 2.29. The number of hydrogen-bond donors (Lipinski definition) is 1. The molecule has 2 aromatic heterocycles. The molecule has 7 rings (SSSR count). The predicted molar refractivity (Wildman–Crippen MR) is 178 cm³/mol.